The van der Waals surface area contributed by atoms with E-state index in [2.05, 4.69) is 67.4 Å². The van der Waals surface area contributed by atoms with Gasteiger partial charge < -0.3 is 4.74 Å². The molecule has 1 nitrogen and oxygen atoms in total. The molecule has 0 unspecified atom stereocenters. The second-order valence-corrected chi connectivity index (χ2v) is 9.22. The minimum absolute atomic E-state index is 0.513. The van der Waals surface area contributed by atoms with E-state index in [1.807, 2.05) is 36.4 Å². The molecule has 4 aromatic carbocycles. The number of alkyl halides is 1. The predicted molar refractivity (Wildman–Crippen MR) is 145 cm³/mol. The van der Waals surface area contributed by atoms with Gasteiger partial charge in [-0.25, -0.2) is 4.39 Å². The molecule has 0 aliphatic carbocycles. The smallest absolute Gasteiger partial charge is 0.131 e. The third-order valence-corrected chi connectivity index (χ3v) is 6.26. The van der Waals surface area contributed by atoms with Gasteiger partial charge in [0.2, 0.25) is 0 Å². The third-order valence-electron chi connectivity index (χ3n) is 6.26. The molecule has 0 aliphatic rings. The highest BCUT2D eigenvalue weighted by Gasteiger charge is 2.25. The Morgan fingerprint density at radius 3 is 2.40 bits per heavy atom. The molecule has 4 aromatic rings. The SMILES string of the molecule is C=C=C(C=C)c1c(CCc2cccc(OCc3ccc4ccccc4c3)c2)cccc1C(C)(C)F. The quantitative estimate of drug-likeness (QED) is 0.178. The van der Waals surface area contributed by atoms with Crippen molar-refractivity contribution in [1.82, 2.24) is 0 Å². The van der Waals surface area contributed by atoms with E-state index < -0.39 is 5.67 Å². The highest BCUT2D eigenvalue weighted by Crippen LogP contribution is 2.34. The maximum Gasteiger partial charge on any atom is 0.131 e. The molecule has 176 valence electrons. The fourth-order valence-corrected chi connectivity index (χ4v) is 4.45. The Morgan fingerprint density at radius 1 is 0.886 bits per heavy atom. The van der Waals surface area contributed by atoms with Crippen LogP contribution in [-0.2, 0) is 25.1 Å². The van der Waals surface area contributed by atoms with Crippen LogP contribution in [0.5, 0.6) is 5.75 Å². The minimum atomic E-state index is -1.48. The Hall–Kier alpha value is -3.87. The van der Waals surface area contributed by atoms with Gasteiger partial charge in [0, 0.05) is 5.57 Å². The fraction of sp³-hybridized carbons (Fsp3) is 0.182. The van der Waals surface area contributed by atoms with E-state index >= 15 is 4.39 Å². The van der Waals surface area contributed by atoms with Gasteiger partial charge in [-0.1, -0.05) is 86.0 Å². The second kappa shape index (κ2) is 10.6. The van der Waals surface area contributed by atoms with Gasteiger partial charge >= 0.3 is 0 Å². The Labute approximate surface area is 207 Å². The lowest BCUT2D eigenvalue weighted by molar-refractivity contribution is 0.221. The van der Waals surface area contributed by atoms with Gasteiger partial charge in [0.25, 0.3) is 0 Å². The zero-order valence-electron chi connectivity index (χ0n) is 20.5. The van der Waals surface area contributed by atoms with Crippen molar-refractivity contribution in [1.29, 1.82) is 0 Å². The van der Waals surface area contributed by atoms with Crippen molar-refractivity contribution >= 4 is 16.3 Å². The summed E-state index contributed by atoms with van der Waals surface area (Å²) in [5, 5.41) is 2.44. The predicted octanol–water partition coefficient (Wildman–Crippen LogP) is 8.76. The zero-order chi connectivity index (χ0) is 24.8. The highest BCUT2D eigenvalue weighted by molar-refractivity contribution is 5.83. The number of halogens is 1. The maximum atomic E-state index is 15.0. The second-order valence-electron chi connectivity index (χ2n) is 9.22. The van der Waals surface area contributed by atoms with Crippen LogP contribution in [0.25, 0.3) is 16.3 Å². The van der Waals surface area contributed by atoms with Gasteiger partial charge in [-0.2, -0.15) is 0 Å². The summed E-state index contributed by atoms with van der Waals surface area (Å²) in [6.07, 6.45) is 3.26. The zero-order valence-corrected chi connectivity index (χ0v) is 20.5. The maximum absolute atomic E-state index is 15.0. The first-order valence-corrected chi connectivity index (χ1v) is 11.9. The first kappa shape index (κ1) is 24.3. The van der Waals surface area contributed by atoms with Crippen LogP contribution >= 0.6 is 0 Å². The number of aryl methyl sites for hydroxylation is 2. The Morgan fingerprint density at radius 2 is 1.66 bits per heavy atom. The normalized spacial score (nSPS) is 11.2. The van der Waals surface area contributed by atoms with Gasteiger partial charge in [0.05, 0.1) is 0 Å². The Balaban J connectivity index is 1.50. The van der Waals surface area contributed by atoms with Crippen LogP contribution in [0.15, 0.2) is 110 Å². The molecule has 0 aliphatic heterocycles. The molecule has 0 aromatic heterocycles. The highest BCUT2D eigenvalue weighted by atomic mass is 19.1. The van der Waals surface area contributed by atoms with Crippen molar-refractivity contribution in [2.24, 2.45) is 0 Å². The number of fused-ring (bicyclic) bond motifs is 1. The van der Waals surface area contributed by atoms with E-state index in [9.17, 15) is 0 Å². The van der Waals surface area contributed by atoms with Crippen molar-refractivity contribution in [3.8, 4) is 5.75 Å². The van der Waals surface area contributed by atoms with Crippen LogP contribution in [-0.4, -0.2) is 0 Å². The topological polar surface area (TPSA) is 9.23 Å². The molecule has 2 heteroatoms. The van der Waals surface area contributed by atoms with Gasteiger partial charge in [-0.3, -0.25) is 0 Å². The van der Waals surface area contributed by atoms with Crippen LogP contribution in [0, 0.1) is 0 Å². The van der Waals surface area contributed by atoms with E-state index in [1.165, 1.54) is 16.3 Å². The van der Waals surface area contributed by atoms with Crippen molar-refractivity contribution in [2.75, 3.05) is 0 Å². The summed E-state index contributed by atoms with van der Waals surface area (Å²) in [5.74, 6) is 0.840. The fourth-order valence-electron chi connectivity index (χ4n) is 4.45. The van der Waals surface area contributed by atoms with Crippen LogP contribution < -0.4 is 4.74 Å². The lowest BCUT2D eigenvalue weighted by Gasteiger charge is -2.22. The van der Waals surface area contributed by atoms with E-state index in [4.69, 9.17) is 4.74 Å². The summed E-state index contributed by atoms with van der Waals surface area (Å²) in [5.41, 5.74) is 7.02. The molecule has 0 N–H and O–H groups in total. The lowest BCUT2D eigenvalue weighted by Crippen LogP contribution is -2.14. The molecule has 0 spiro atoms. The van der Waals surface area contributed by atoms with Crippen molar-refractivity contribution < 1.29 is 9.13 Å². The Kier molecular flexibility index (Phi) is 7.34. The number of ether oxygens (including phenoxy) is 1. The molecule has 0 atom stereocenters. The van der Waals surface area contributed by atoms with Crippen molar-refractivity contribution in [3.63, 3.8) is 0 Å². The lowest BCUT2D eigenvalue weighted by atomic mass is 9.85. The van der Waals surface area contributed by atoms with Gasteiger partial charge in [-0.05, 0) is 83.5 Å². The largest absolute Gasteiger partial charge is 0.489 e. The first-order chi connectivity index (χ1) is 16.9. The van der Waals surface area contributed by atoms with Crippen molar-refractivity contribution in [2.45, 2.75) is 39.0 Å². The van der Waals surface area contributed by atoms with E-state index in [0.717, 1.165) is 40.9 Å². The average Bonchev–Trinajstić information content (AvgIpc) is 2.87. The number of hydrogen-bond acceptors (Lipinski definition) is 1. The molecule has 0 fully saturated rings. The molecule has 0 bridgehead atoms. The summed E-state index contributed by atoms with van der Waals surface area (Å²) in [7, 11) is 0. The van der Waals surface area contributed by atoms with Crippen LogP contribution in [0.1, 0.15) is 41.7 Å². The molecule has 0 saturated carbocycles. The number of allylic oxidation sites excluding steroid dienone is 2. The van der Waals surface area contributed by atoms with E-state index in [0.29, 0.717) is 12.2 Å². The van der Waals surface area contributed by atoms with E-state index in [-0.39, 0.29) is 0 Å². The van der Waals surface area contributed by atoms with Gasteiger partial charge in [0.1, 0.15) is 18.0 Å². The van der Waals surface area contributed by atoms with E-state index in [1.54, 1.807) is 19.9 Å². The standard InChI is InChI=1S/C33H31FO/c1-5-26(6-2)32-28(14-10-16-31(32)33(3,4)34)20-17-24-11-9-15-30(22-24)35-23-25-18-19-27-12-7-8-13-29(27)21-25/h5,7-16,18-19,21-22H,1-2,17,20,23H2,3-4H3. The molecule has 0 heterocycles. The summed E-state index contributed by atoms with van der Waals surface area (Å²) < 4.78 is 21.1. The van der Waals surface area contributed by atoms with Gasteiger partial charge in [-0.15, -0.1) is 5.73 Å². The third kappa shape index (κ3) is 5.80. The molecule has 0 radical (unpaired) electrons. The summed E-state index contributed by atoms with van der Waals surface area (Å²) in [4.78, 5) is 0. The molecule has 0 amide bonds. The summed E-state index contributed by atoms with van der Waals surface area (Å²) in [6.45, 7) is 11.3. The minimum Gasteiger partial charge on any atom is -0.489 e. The van der Waals surface area contributed by atoms with Crippen LogP contribution in [0.3, 0.4) is 0 Å². The average molecular weight is 463 g/mol. The molecular weight excluding hydrogens is 431 g/mol. The van der Waals surface area contributed by atoms with Crippen LogP contribution in [0.2, 0.25) is 0 Å². The van der Waals surface area contributed by atoms with Crippen LogP contribution in [0.4, 0.5) is 4.39 Å². The molecule has 35 heavy (non-hydrogen) atoms. The summed E-state index contributed by atoms with van der Waals surface area (Å²) in [6, 6.07) is 28.7. The molecular formula is C33H31FO. The first-order valence-electron chi connectivity index (χ1n) is 11.9. The van der Waals surface area contributed by atoms with Crippen molar-refractivity contribution in [3.05, 3.63) is 138 Å². The number of benzene rings is 4. The van der Waals surface area contributed by atoms with Gasteiger partial charge in [0.15, 0.2) is 0 Å². The summed E-state index contributed by atoms with van der Waals surface area (Å²) >= 11 is 0. The number of rotatable bonds is 9. The Bertz CT molecular complexity index is 1400. The molecule has 0 saturated heterocycles. The number of hydrogen-bond donors (Lipinski definition) is 0. The monoisotopic (exact) mass is 462 g/mol. The molecule has 4 rings (SSSR count).